The first-order chi connectivity index (χ1) is 15.2. The van der Waals surface area contributed by atoms with Crippen molar-refractivity contribution < 1.29 is 19.0 Å². The van der Waals surface area contributed by atoms with Gasteiger partial charge in [0.1, 0.15) is 13.2 Å². The van der Waals surface area contributed by atoms with E-state index < -0.39 is 0 Å². The van der Waals surface area contributed by atoms with Gasteiger partial charge in [-0.1, -0.05) is 31.2 Å². The van der Waals surface area contributed by atoms with Crippen LogP contribution >= 0.6 is 0 Å². The van der Waals surface area contributed by atoms with Crippen LogP contribution < -0.4 is 19.5 Å². The second-order valence-electron chi connectivity index (χ2n) is 7.91. The number of nitrogens with one attached hydrogen (secondary N) is 1. The Morgan fingerprint density at radius 2 is 1.68 bits per heavy atom. The molecule has 2 aromatic rings. The number of hydrogen-bond acceptors (Lipinski definition) is 6. The summed E-state index contributed by atoms with van der Waals surface area (Å²) in [6.45, 7) is 10.2. The Kier molecular flexibility index (Phi) is 6.94. The number of ether oxygens (including phenoxy) is 3. The minimum absolute atomic E-state index is 0.173. The zero-order valence-corrected chi connectivity index (χ0v) is 18.4. The third kappa shape index (κ3) is 5.29. The molecular weight excluding hydrogens is 394 g/mol. The maximum Gasteiger partial charge on any atom is 0.251 e. The van der Waals surface area contributed by atoms with Gasteiger partial charge in [0.25, 0.3) is 5.91 Å². The molecule has 0 saturated carbocycles. The van der Waals surface area contributed by atoms with Gasteiger partial charge in [-0.25, -0.2) is 0 Å². The van der Waals surface area contributed by atoms with Crippen LogP contribution in [-0.2, 0) is 13.1 Å². The smallest absolute Gasteiger partial charge is 0.251 e. The Labute approximate surface area is 183 Å². The largest absolute Gasteiger partial charge is 0.493 e. The van der Waals surface area contributed by atoms with Gasteiger partial charge in [-0.15, -0.1) is 0 Å². The zero-order valence-electron chi connectivity index (χ0n) is 18.4. The molecule has 2 aromatic carbocycles. The Morgan fingerprint density at radius 1 is 1.00 bits per heavy atom. The first-order valence-corrected chi connectivity index (χ1v) is 10.9. The van der Waals surface area contributed by atoms with Gasteiger partial charge in [-0.3, -0.25) is 9.69 Å². The fourth-order valence-corrected chi connectivity index (χ4v) is 3.97. The van der Waals surface area contributed by atoms with Gasteiger partial charge < -0.3 is 24.4 Å². The molecule has 0 spiro atoms. The first kappa shape index (κ1) is 21.5. The number of hydrogen-bond donors (Lipinski definition) is 1. The summed E-state index contributed by atoms with van der Waals surface area (Å²) in [7, 11) is 1.56. The van der Waals surface area contributed by atoms with E-state index in [-0.39, 0.29) is 5.91 Å². The van der Waals surface area contributed by atoms with E-state index in [9.17, 15) is 4.79 Å². The van der Waals surface area contributed by atoms with Crippen LogP contribution in [0.4, 0.5) is 0 Å². The molecule has 2 aliphatic rings. The molecule has 1 saturated heterocycles. The number of rotatable bonds is 7. The summed E-state index contributed by atoms with van der Waals surface area (Å²) in [4.78, 5) is 17.7. The molecule has 0 aromatic heterocycles. The van der Waals surface area contributed by atoms with Crippen molar-refractivity contribution in [2.24, 2.45) is 0 Å². The van der Waals surface area contributed by atoms with Crippen molar-refractivity contribution in [3.63, 3.8) is 0 Å². The van der Waals surface area contributed by atoms with Crippen LogP contribution in [0.15, 0.2) is 36.4 Å². The highest BCUT2D eigenvalue weighted by Gasteiger charge is 2.21. The highest BCUT2D eigenvalue weighted by Crippen LogP contribution is 2.40. The Balaban J connectivity index is 1.32. The Hall–Kier alpha value is -2.77. The number of amides is 1. The standard InChI is InChI=1S/C24H31N3O4/c1-3-26-8-10-27(11-9-26)17-19-6-4-18(5-7-19)16-25-24(28)20-14-21(29-2)23-22(15-20)30-12-13-31-23/h4-7,14-15H,3,8-13,16-17H2,1-2H3,(H,25,28). The van der Waals surface area contributed by atoms with E-state index in [1.807, 2.05) is 0 Å². The van der Waals surface area contributed by atoms with Crippen LogP contribution in [-0.4, -0.2) is 68.8 Å². The van der Waals surface area contributed by atoms with Gasteiger partial charge in [0, 0.05) is 44.8 Å². The summed E-state index contributed by atoms with van der Waals surface area (Å²) in [6, 6.07) is 11.9. The van der Waals surface area contributed by atoms with E-state index in [2.05, 4.69) is 46.3 Å². The number of methoxy groups -OCH3 is 1. The molecule has 0 aliphatic carbocycles. The van der Waals surface area contributed by atoms with Crippen LogP contribution in [0, 0.1) is 0 Å². The van der Waals surface area contributed by atoms with Crippen molar-refractivity contribution in [2.75, 3.05) is 53.0 Å². The van der Waals surface area contributed by atoms with Gasteiger partial charge in [-0.05, 0) is 29.8 Å². The quantitative estimate of drug-likeness (QED) is 0.736. The molecule has 2 aliphatic heterocycles. The highest BCUT2D eigenvalue weighted by molar-refractivity contribution is 5.95. The minimum atomic E-state index is -0.173. The normalized spacial score (nSPS) is 16.7. The Morgan fingerprint density at radius 3 is 2.39 bits per heavy atom. The van der Waals surface area contributed by atoms with Gasteiger partial charge in [0.2, 0.25) is 5.75 Å². The van der Waals surface area contributed by atoms with Crippen LogP contribution in [0.25, 0.3) is 0 Å². The number of nitrogens with zero attached hydrogens (tertiary/aromatic N) is 2. The Bertz CT molecular complexity index is 875. The topological polar surface area (TPSA) is 63.3 Å². The monoisotopic (exact) mass is 425 g/mol. The van der Waals surface area contributed by atoms with Crippen molar-refractivity contribution in [1.82, 2.24) is 15.1 Å². The van der Waals surface area contributed by atoms with Crippen molar-refractivity contribution in [3.05, 3.63) is 53.1 Å². The van der Waals surface area contributed by atoms with E-state index in [4.69, 9.17) is 14.2 Å². The molecule has 1 amide bonds. The molecule has 0 bridgehead atoms. The van der Waals surface area contributed by atoms with Gasteiger partial charge in [0.05, 0.1) is 7.11 Å². The number of benzene rings is 2. The summed E-state index contributed by atoms with van der Waals surface area (Å²) < 4.78 is 16.6. The molecular formula is C24H31N3O4. The summed E-state index contributed by atoms with van der Waals surface area (Å²) in [5, 5.41) is 2.98. The number of carbonyl (C=O) groups is 1. The van der Waals surface area contributed by atoms with Crippen LogP contribution in [0.1, 0.15) is 28.4 Å². The average Bonchev–Trinajstić information content (AvgIpc) is 2.83. The fraction of sp³-hybridized carbons (Fsp3) is 0.458. The summed E-state index contributed by atoms with van der Waals surface area (Å²) >= 11 is 0. The molecule has 1 N–H and O–H groups in total. The van der Waals surface area contributed by atoms with Crippen molar-refractivity contribution in [3.8, 4) is 17.2 Å². The van der Waals surface area contributed by atoms with Gasteiger partial charge in [-0.2, -0.15) is 0 Å². The van der Waals surface area contributed by atoms with E-state index in [0.29, 0.717) is 42.6 Å². The SMILES string of the molecule is CCN1CCN(Cc2ccc(CNC(=O)c3cc(OC)c4c(c3)OCCO4)cc2)CC1. The molecule has 7 heteroatoms. The van der Waals surface area contributed by atoms with Gasteiger partial charge in [0.15, 0.2) is 11.5 Å². The lowest BCUT2D eigenvalue weighted by Crippen LogP contribution is -2.45. The van der Waals surface area contributed by atoms with Crippen LogP contribution in [0.5, 0.6) is 17.2 Å². The molecule has 4 rings (SSSR count). The van der Waals surface area contributed by atoms with E-state index >= 15 is 0 Å². The lowest BCUT2D eigenvalue weighted by molar-refractivity contribution is 0.0949. The van der Waals surface area contributed by atoms with Gasteiger partial charge >= 0.3 is 0 Å². The number of piperazine rings is 1. The lowest BCUT2D eigenvalue weighted by Gasteiger charge is -2.34. The molecule has 166 valence electrons. The average molecular weight is 426 g/mol. The molecule has 7 nitrogen and oxygen atoms in total. The molecule has 0 atom stereocenters. The second kappa shape index (κ2) is 10.0. The molecule has 31 heavy (non-hydrogen) atoms. The zero-order chi connectivity index (χ0) is 21.6. The molecule has 0 unspecified atom stereocenters. The second-order valence-corrected chi connectivity index (χ2v) is 7.91. The predicted octanol–water partition coefficient (Wildman–Crippen LogP) is 2.53. The number of fused-ring (bicyclic) bond motifs is 1. The minimum Gasteiger partial charge on any atom is -0.493 e. The van der Waals surface area contributed by atoms with E-state index in [1.54, 1.807) is 19.2 Å². The van der Waals surface area contributed by atoms with Crippen molar-refractivity contribution >= 4 is 5.91 Å². The van der Waals surface area contributed by atoms with E-state index in [0.717, 1.165) is 44.8 Å². The third-order valence-electron chi connectivity index (χ3n) is 5.88. The molecule has 2 heterocycles. The van der Waals surface area contributed by atoms with Crippen molar-refractivity contribution in [1.29, 1.82) is 0 Å². The number of likely N-dealkylation sites (N-methyl/N-ethyl adjacent to an activating group) is 1. The highest BCUT2D eigenvalue weighted by atomic mass is 16.6. The first-order valence-electron chi connectivity index (χ1n) is 10.9. The summed E-state index contributed by atoms with van der Waals surface area (Å²) in [6.07, 6.45) is 0. The van der Waals surface area contributed by atoms with E-state index in [1.165, 1.54) is 5.56 Å². The third-order valence-corrected chi connectivity index (χ3v) is 5.88. The fourth-order valence-electron chi connectivity index (χ4n) is 3.97. The maximum atomic E-state index is 12.7. The molecule has 0 radical (unpaired) electrons. The van der Waals surface area contributed by atoms with Crippen LogP contribution in [0.2, 0.25) is 0 Å². The number of carbonyl (C=O) groups excluding carboxylic acids is 1. The van der Waals surface area contributed by atoms with Crippen molar-refractivity contribution in [2.45, 2.75) is 20.0 Å². The van der Waals surface area contributed by atoms with Crippen LogP contribution in [0.3, 0.4) is 0 Å². The molecule has 1 fully saturated rings. The summed E-state index contributed by atoms with van der Waals surface area (Å²) in [5.74, 6) is 1.43. The maximum absolute atomic E-state index is 12.7. The summed E-state index contributed by atoms with van der Waals surface area (Å²) in [5.41, 5.74) is 2.86. The lowest BCUT2D eigenvalue weighted by atomic mass is 10.1. The predicted molar refractivity (Wildman–Crippen MR) is 119 cm³/mol.